The number of benzene rings is 2. The molecule has 0 saturated heterocycles. The van der Waals surface area contributed by atoms with Crippen molar-refractivity contribution in [3.05, 3.63) is 47.3 Å². The van der Waals surface area contributed by atoms with E-state index in [4.69, 9.17) is 0 Å². The van der Waals surface area contributed by atoms with Gasteiger partial charge in [-0.25, -0.2) is 4.39 Å². The summed E-state index contributed by atoms with van der Waals surface area (Å²) < 4.78 is 14.5. The van der Waals surface area contributed by atoms with E-state index in [1.54, 1.807) is 0 Å². The maximum atomic E-state index is 14.5. The van der Waals surface area contributed by atoms with Crippen LogP contribution in [-0.4, -0.2) is 0 Å². The standard InChI is InChI=1S/C21H27F/c1-3-5-17-10-11-19-14-18(12-13-20(19)21(17)22)16-8-6-15(4-2)7-9-16/h10-16H,3-9H2,1-2H3. The summed E-state index contributed by atoms with van der Waals surface area (Å²) in [5, 5.41) is 1.85. The van der Waals surface area contributed by atoms with Gasteiger partial charge in [-0.2, -0.15) is 0 Å². The minimum atomic E-state index is -0.0133. The monoisotopic (exact) mass is 298 g/mol. The van der Waals surface area contributed by atoms with Gasteiger partial charge in [-0.15, -0.1) is 0 Å². The van der Waals surface area contributed by atoms with Crippen LogP contribution in [0.2, 0.25) is 0 Å². The van der Waals surface area contributed by atoms with Crippen LogP contribution in [-0.2, 0) is 6.42 Å². The Hall–Kier alpha value is -1.37. The zero-order chi connectivity index (χ0) is 15.5. The molecule has 0 aliphatic heterocycles. The average Bonchev–Trinajstić information content (AvgIpc) is 2.57. The third-order valence-electron chi connectivity index (χ3n) is 5.47. The highest BCUT2D eigenvalue weighted by atomic mass is 19.1. The lowest BCUT2D eigenvalue weighted by atomic mass is 9.77. The van der Waals surface area contributed by atoms with Gasteiger partial charge >= 0.3 is 0 Å². The molecule has 0 bridgehead atoms. The van der Waals surface area contributed by atoms with Crippen molar-refractivity contribution < 1.29 is 4.39 Å². The lowest BCUT2D eigenvalue weighted by molar-refractivity contribution is 0.319. The van der Waals surface area contributed by atoms with Crippen molar-refractivity contribution in [1.29, 1.82) is 0 Å². The number of hydrogen-bond donors (Lipinski definition) is 0. The van der Waals surface area contributed by atoms with E-state index in [-0.39, 0.29) is 5.82 Å². The van der Waals surface area contributed by atoms with E-state index in [9.17, 15) is 4.39 Å². The van der Waals surface area contributed by atoms with Crippen LogP contribution in [0.15, 0.2) is 30.3 Å². The summed E-state index contributed by atoms with van der Waals surface area (Å²) in [4.78, 5) is 0. The Morgan fingerprint density at radius 1 is 1.00 bits per heavy atom. The van der Waals surface area contributed by atoms with Crippen LogP contribution in [0.3, 0.4) is 0 Å². The summed E-state index contributed by atoms with van der Waals surface area (Å²) >= 11 is 0. The highest BCUT2D eigenvalue weighted by Gasteiger charge is 2.21. The van der Waals surface area contributed by atoms with Crippen LogP contribution in [0, 0.1) is 11.7 Å². The minimum Gasteiger partial charge on any atom is -0.206 e. The summed E-state index contributed by atoms with van der Waals surface area (Å²) in [7, 11) is 0. The predicted octanol–water partition coefficient (Wildman–Crippen LogP) is 6.62. The van der Waals surface area contributed by atoms with Crippen LogP contribution in [0.25, 0.3) is 10.8 Å². The highest BCUT2D eigenvalue weighted by Crippen LogP contribution is 2.38. The molecular formula is C21H27F. The number of aryl methyl sites for hydroxylation is 1. The summed E-state index contributed by atoms with van der Waals surface area (Å²) in [6.45, 7) is 4.40. The van der Waals surface area contributed by atoms with Crippen LogP contribution < -0.4 is 0 Å². The highest BCUT2D eigenvalue weighted by molar-refractivity contribution is 5.84. The molecule has 0 atom stereocenters. The first-order valence-corrected chi connectivity index (χ1v) is 8.94. The number of hydrogen-bond acceptors (Lipinski definition) is 0. The summed E-state index contributed by atoms with van der Waals surface area (Å²) in [5.74, 6) is 1.58. The fourth-order valence-corrected chi connectivity index (χ4v) is 3.98. The summed E-state index contributed by atoms with van der Waals surface area (Å²) in [6.07, 6.45) is 8.41. The van der Waals surface area contributed by atoms with Crippen molar-refractivity contribution in [3.8, 4) is 0 Å². The molecule has 0 spiro atoms. The van der Waals surface area contributed by atoms with Crippen molar-refractivity contribution in [2.75, 3.05) is 0 Å². The van der Waals surface area contributed by atoms with Gasteiger partial charge in [0.15, 0.2) is 0 Å². The second kappa shape index (κ2) is 6.81. The van der Waals surface area contributed by atoms with Crippen molar-refractivity contribution in [3.63, 3.8) is 0 Å². The molecule has 2 aromatic rings. The third-order valence-corrected chi connectivity index (χ3v) is 5.47. The first-order chi connectivity index (χ1) is 10.7. The Bertz CT molecular complexity index is 636. The Kier molecular flexibility index (Phi) is 4.81. The Morgan fingerprint density at radius 3 is 2.45 bits per heavy atom. The normalized spacial score (nSPS) is 22.1. The second-order valence-electron chi connectivity index (χ2n) is 6.90. The van der Waals surface area contributed by atoms with E-state index in [1.807, 2.05) is 12.1 Å². The molecule has 0 heterocycles. The van der Waals surface area contributed by atoms with Crippen LogP contribution in [0.4, 0.5) is 4.39 Å². The quantitative estimate of drug-likeness (QED) is 0.595. The SMILES string of the molecule is CCCc1ccc2cc(C3CCC(CC)CC3)ccc2c1F. The topological polar surface area (TPSA) is 0 Å². The zero-order valence-electron chi connectivity index (χ0n) is 13.9. The van der Waals surface area contributed by atoms with Gasteiger partial charge in [-0.3, -0.25) is 0 Å². The van der Waals surface area contributed by atoms with Crippen molar-refractivity contribution in [1.82, 2.24) is 0 Å². The Labute approximate surface area is 133 Å². The molecule has 1 heteroatoms. The molecular weight excluding hydrogens is 271 g/mol. The maximum Gasteiger partial charge on any atom is 0.134 e. The first kappa shape index (κ1) is 15.5. The van der Waals surface area contributed by atoms with Crippen LogP contribution in [0.5, 0.6) is 0 Å². The Morgan fingerprint density at radius 2 is 1.77 bits per heavy atom. The lowest BCUT2D eigenvalue weighted by Gasteiger charge is -2.28. The van der Waals surface area contributed by atoms with Crippen molar-refractivity contribution >= 4 is 10.8 Å². The minimum absolute atomic E-state index is 0.0133. The predicted molar refractivity (Wildman–Crippen MR) is 92.9 cm³/mol. The molecule has 0 aromatic heterocycles. The number of fused-ring (bicyclic) bond motifs is 1. The van der Waals surface area contributed by atoms with E-state index in [0.717, 1.165) is 35.1 Å². The number of rotatable bonds is 4. The van der Waals surface area contributed by atoms with E-state index < -0.39 is 0 Å². The fourth-order valence-electron chi connectivity index (χ4n) is 3.98. The smallest absolute Gasteiger partial charge is 0.134 e. The Balaban J connectivity index is 1.86. The summed E-state index contributed by atoms with van der Waals surface area (Å²) in [5.41, 5.74) is 2.26. The molecule has 0 radical (unpaired) electrons. The molecule has 1 saturated carbocycles. The van der Waals surface area contributed by atoms with Gasteiger partial charge in [0.1, 0.15) is 5.82 Å². The molecule has 2 aromatic carbocycles. The van der Waals surface area contributed by atoms with Gasteiger partial charge in [0.25, 0.3) is 0 Å². The van der Waals surface area contributed by atoms with E-state index in [1.165, 1.54) is 37.7 Å². The number of halogens is 1. The molecule has 3 rings (SSSR count). The molecule has 0 amide bonds. The second-order valence-corrected chi connectivity index (χ2v) is 6.90. The molecule has 1 fully saturated rings. The van der Waals surface area contributed by atoms with E-state index >= 15 is 0 Å². The molecule has 118 valence electrons. The molecule has 1 aliphatic carbocycles. The van der Waals surface area contributed by atoms with Crippen LogP contribution in [0.1, 0.15) is 69.4 Å². The van der Waals surface area contributed by atoms with E-state index in [2.05, 4.69) is 32.0 Å². The van der Waals surface area contributed by atoms with E-state index in [0.29, 0.717) is 5.92 Å². The van der Waals surface area contributed by atoms with Crippen LogP contribution >= 0.6 is 0 Å². The van der Waals surface area contributed by atoms with Gasteiger partial charge in [0.2, 0.25) is 0 Å². The van der Waals surface area contributed by atoms with Crippen molar-refractivity contribution in [2.24, 2.45) is 5.92 Å². The van der Waals surface area contributed by atoms with Crippen molar-refractivity contribution in [2.45, 2.75) is 64.7 Å². The molecule has 0 N–H and O–H groups in total. The van der Waals surface area contributed by atoms with Gasteiger partial charge in [0.05, 0.1) is 0 Å². The van der Waals surface area contributed by atoms with Gasteiger partial charge < -0.3 is 0 Å². The fraction of sp³-hybridized carbons (Fsp3) is 0.524. The largest absolute Gasteiger partial charge is 0.206 e. The maximum absolute atomic E-state index is 14.5. The van der Waals surface area contributed by atoms with Gasteiger partial charge in [0, 0.05) is 5.39 Å². The first-order valence-electron chi connectivity index (χ1n) is 8.94. The van der Waals surface area contributed by atoms with Gasteiger partial charge in [-0.1, -0.05) is 57.0 Å². The molecule has 0 nitrogen and oxygen atoms in total. The lowest BCUT2D eigenvalue weighted by Crippen LogP contribution is -2.12. The third kappa shape index (κ3) is 3.04. The molecule has 22 heavy (non-hydrogen) atoms. The molecule has 1 aliphatic rings. The summed E-state index contributed by atoms with van der Waals surface area (Å²) in [6, 6.07) is 10.5. The average molecular weight is 298 g/mol. The molecule has 0 unspecified atom stereocenters. The zero-order valence-corrected chi connectivity index (χ0v) is 13.9. The van der Waals surface area contributed by atoms with Gasteiger partial charge in [-0.05, 0) is 60.5 Å².